The van der Waals surface area contributed by atoms with Crippen LogP contribution in [0.4, 0.5) is 4.39 Å². The number of nitrogens with zero attached hydrogens (tertiary/aromatic N) is 1. The molecule has 1 heterocycles. The normalized spacial score (nSPS) is 19.4. The maximum Gasteiger partial charge on any atom is 0.310 e. The minimum absolute atomic E-state index is 0.0524. The molecule has 1 aliphatic rings. The maximum absolute atomic E-state index is 13.6. The maximum atomic E-state index is 13.6. The molecule has 0 spiro atoms. The molecule has 4 nitrogen and oxygen atoms in total. The molecule has 0 aromatic heterocycles. The van der Waals surface area contributed by atoms with Crippen LogP contribution in [0, 0.1) is 11.7 Å². The molecule has 0 N–H and O–H groups in total. The van der Waals surface area contributed by atoms with Gasteiger partial charge in [-0.15, -0.1) is 0 Å². The van der Waals surface area contributed by atoms with Crippen LogP contribution in [0.15, 0.2) is 24.3 Å². The molecule has 1 fully saturated rings. The van der Waals surface area contributed by atoms with E-state index in [1.54, 1.807) is 18.2 Å². The van der Waals surface area contributed by atoms with Gasteiger partial charge in [-0.3, -0.25) is 9.59 Å². The van der Waals surface area contributed by atoms with Crippen LogP contribution in [-0.2, 0) is 20.9 Å². The second-order valence-corrected chi connectivity index (χ2v) is 4.62. The summed E-state index contributed by atoms with van der Waals surface area (Å²) in [5.41, 5.74) is 0.460. The van der Waals surface area contributed by atoms with Gasteiger partial charge in [-0.25, -0.2) is 4.39 Å². The molecule has 1 aliphatic heterocycles. The van der Waals surface area contributed by atoms with Gasteiger partial charge < -0.3 is 9.64 Å². The molecule has 1 aromatic carbocycles. The molecule has 0 unspecified atom stereocenters. The van der Waals surface area contributed by atoms with Crippen molar-refractivity contribution < 1.29 is 18.7 Å². The van der Waals surface area contributed by atoms with Gasteiger partial charge in [0.25, 0.3) is 0 Å². The van der Waals surface area contributed by atoms with Crippen molar-refractivity contribution in [2.24, 2.45) is 5.92 Å². The lowest BCUT2D eigenvalue weighted by Crippen LogP contribution is -2.42. The highest BCUT2D eigenvalue weighted by Crippen LogP contribution is 2.21. The molecule has 0 radical (unpaired) electrons. The Kier molecular flexibility index (Phi) is 4.14. The summed E-state index contributed by atoms with van der Waals surface area (Å²) in [4.78, 5) is 24.8. The average Bonchev–Trinajstić information content (AvgIpc) is 2.42. The van der Waals surface area contributed by atoms with Crippen LogP contribution in [0.1, 0.15) is 18.4 Å². The Bertz CT molecular complexity index is 489. The lowest BCUT2D eigenvalue weighted by Gasteiger charge is -2.31. The number of rotatable bonds is 3. The number of carbonyl (C=O) groups excluding carboxylic acids is 2. The van der Waals surface area contributed by atoms with Gasteiger partial charge in [0, 0.05) is 25.1 Å². The Labute approximate surface area is 111 Å². The first kappa shape index (κ1) is 13.5. The number of ether oxygens (including phenoxy) is 1. The Morgan fingerprint density at radius 1 is 1.47 bits per heavy atom. The fourth-order valence-corrected chi connectivity index (χ4v) is 2.26. The van der Waals surface area contributed by atoms with E-state index in [4.69, 9.17) is 4.74 Å². The van der Waals surface area contributed by atoms with Crippen molar-refractivity contribution in [1.82, 2.24) is 4.90 Å². The first-order valence-corrected chi connectivity index (χ1v) is 6.21. The lowest BCUT2D eigenvalue weighted by molar-refractivity contribution is -0.150. The van der Waals surface area contributed by atoms with E-state index < -0.39 is 0 Å². The van der Waals surface area contributed by atoms with Crippen molar-refractivity contribution in [3.8, 4) is 0 Å². The van der Waals surface area contributed by atoms with Crippen molar-refractivity contribution >= 4 is 11.9 Å². The van der Waals surface area contributed by atoms with Gasteiger partial charge in [0.2, 0.25) is 5.91 Å². The number of benzene rings is 1. The summed E-state index contributed by atoms with van der Waals surface area (Å²) in [5, 5.41) is 0. The van der Waals surface area contributed by atoms with E-state index in [0.29, 0.717) is 24.9 Å². The van der Waals surface area contributed by atoms with Gasteiger partial charge in [-0.1, -0.05) is 18.2 Å². The minimum atomic E-state index is -0.338. The number of esters is 1. The first-order valence-electron chi connectivity index (χ1n) is 6.21. The number of piperidine rings is 1. The van der Waals surface area contributed by atoms with E-state index in [1.165, 1.54) is 18.1 Å². The molecule has 2 rings (SSSR count). The lowest BCUT2D eigenvalue weighted by atomic mass is 9.97. The summed E-state index contributed by atoms with van der Waals surface area (Å²) in [6.07, 6.45) is 0.799. The minimum Gasteiger partial charge on any atom is -0.469 e. The van der Waals surface area contributed by atoms with E-state index in [1.807, 2.05) is 0 Å². The SMILES string of the molecule is COC(=O)[C@H]1CCC(=O)N(Cc2ccccc2F)C1. The number of carbonyl (C=O) groups is 2. The van der Waals surface area contributed by atoms with E-state index >= 15 is 0 Å². The van der Waals surface area contributed by atoms with Crippen LogP contribution >= 0.6 is 0 Å². The van der Waals surface area contributed by atoms with Crippen molar-refractivity contribution in [3.63, 3.8) is 0 Å². The topological polar surface area (TPSA) is 46.6 Å². The van der Waals surface area contributed by atoms with Gasteiger partial charge in [-0.05, 0) is 12.5 Å². The van der Waals surface area contributed by atoms with Crippen molar-refractivity contribution in [2.75, 3.05) is 13.7 Å². The third-order valence-electron chi connectivity index (χ3n) is 3.35. The van der Waals surface area contributed by atoms with Crippen LogP contribution in [0.5, 0.6) is 0 Å². The number of halogens is 1. The largest absolute Gasteiger partial charge is 0.469 e. The molecule has 1 aromatic rings. The number of amides is 1. The average molecular weight is 265 g/mol. The Morgan fingerprint density at radius 3 is 2.89 bits per heavy atom. The second-order valence-electron chi connectivity index (χ2n) is 4.62. The number of hydrogen-bond donors (Lipinski definition) is 0. The molecular formula is C14H16FNO3. The highest BCUT2D eigenvalue weighted by atomic mass is 19.1. The van der Waals surface area contributed by atoms with Gasteiger partial charge in [0.1, 0.15) is 5.82 Å². The zero-order chi connectivity index (χ0) is 13.8. The molecule has 0 bridgehead atoms. The standard InChI is InChI=1S/C14H16FNO3/c1-19-14(18)11-6-7-13(17)16(9-11)8-10-4-2-3-5-12(10)15/h2-5,11H,6-9H2,1H3/t11-/m0/s1. The van der Waals surface area contributed by atoms with Gasteiger partial charge in [-0.2, -0.15) is 0 Å². The number of likely N-dealkylation sites (tertiary alicyclic amines) is 1. The Balaban J connectivity index is 2.08. The first-order chi connectivity index (χ1) is 9.11. The molecular weight excluding hydrogens is 249 g/mol. The summed E-state index contributed by atoms with van der Waals surface area (Å²) in [7, 11) is 1.33. The smallest absolute Gasteiger partial charge is 0.310 e. The monoisotopic (exact) mass is 265 g/mol. The quantitative estimate of drug-likeness (QED) is 0.782. The summed E-state index contributed by atoms with van der Waals surface area (Å²) in [5.74, 6) is -1.01. The van der Waals surface area contributed by atoms with E-state index in [9.17, 15) is 14.0 Å². The summed E-state index contributed by atoms with van der Waals surface area (Å²) in [6, 6.07) is 6.34. The van der Waals surface area contributed by atoms with Gasteiger partial charge in [0.05, 0.1) is 13.0 Å². The van der Waals surface area contributed by atoms with E-state index in [2.05, 4.69) is 0 Å². The summed E-state index contributed by atoms with van der Waals surface area (Å²) >= 11 is 0. The van der Waals surface area contributed by atoms with Gasteiger partial charge in [0.15, 0.2) is 0 Å². The molecule has 5 heteroatoms. The van der Waals surface area contributed by atoms with E-state index in [0.717, 1.165) is 0 Å². The fourth-order valence-electron chi connectivity index (χ4n) is 2.26. The molecule has 0 saturated carbocycles. The molecule has 1 amide bonds. The van der Waals surface area contributed by atoms with Crippen LogP contribution < -0.4 is 0 Å². The number of methoxy groups -OCH3 is 1. The van der Waals surface area contributed by atoms with E-state index in [-0.39, 0.29) is 30.2 Å². The summed E-state index contributed by atoms with van der Waals surface area (Å²) in [6.45, 7) is 0.485. The predicted molar refractivity (Wildman–Crippen MR) is 66.6 cm³/mol. The molecule has 102 valence electrons. The highest BCUT2D eigenvalue weighted by Gasteiger charge is 2.31. The third-order valence-corrected chi connectivity index (χ3v) is 3.35. The Hall–Kier alpha value is -1.91. The van der Waals surface area contributed by atoms with Crippen molar-refractivity contribution in [1.29, 1.82) is 0 Å². The molecule has 19 heavy (non-hydrogen) atoms. The van der Waals surface area contributed by atoms with Crippen LogP contribution in [0.3, 0.4) is 0 Å². The predicted octanol–water partition coefficient (Wildman–Crippen LogP) is 1.74. The molecule has 0 aliphatic carbocycles. The zero-order valence-corrected chi connectivity index (χ0v) is 10.8. The molecule has 1 atom stereocenters. The third kappa shape index (κ3) is 3.10. The summed E-state index contributed by atoms with van der Waals surface area (Å²) < 4.78 is 18.3. The molecule has 1 saturated heterocycles. The van der Waals surface area contributed by atoms with Crippen molar-refractivity contribution in [3.05, 3.63) is 35.6 Å². The van der Waals surface area contributed by atoms with Crippen molar-refractivity contribution in [2.45, 2.75) is 19.4 Å². The van der Waals surface area contributed by atoms with Crippen LogP contribution in [0.25, 0.3) is 0 Å². The Morgan fingerprint density at radius 2 is 2.21 bits per heavy atom. The van der Waals surface area contributed by atoms with Crippen LogP contribution in [-0.4, -0.2) is 30.4 Å². The van der Waals surface area contributed by atoms with Crippen LogP contribution in [0.2, 0.25) is 0 Å². The fraction of sp³-hybridized carbons (Fsp3) is 0.429. The number of hydrogen-bond acceptors (Lipinski definition) is 3. The highest BCUT2D eigenvalue weighted by molar-refractivity contribution is 5.81. The zero-order valence-electron chi connectivity index (χ0n) is 10.8. The van der Waals surface area contributed by atoms with Gasteiger partial charge >= 0.3 is 5.97 Å². The second kappa shape index (κ2) is 5.82.